The summed E-state index contributed by atoms with van der Waals surface area (Å²) in [6.07, 6.45) is 1.03. The molecule has 0 fully saturated rings. The highest BCUT2D eigenvalue weighted by Crippen LogP contribution is 2.19. The Kier molecular flexibility index (Phi) is 3.77. The Hall–Kier alpha value is -1.02. The topological polar surface area (TPSA) is 18.5 Å². The Morgan fingerprint density at radius 2 is 2.08 bits per heavy atom. The SMILES string of the molecule is CCc1ccc(C)c(OCOC)c1. The first-order chi connectivity index (χ1) is 6.27. The molecule has 0 amide bonds. The first kappa shape index (κ1) is 10.1. The molecule has 2 nitrogen and oxygen atoms in total. The van der Waals surface area contributed by atoms with Crippen LogP contribution in [-0.2, 0) is 11.2 Å². The van der Waals surface area contributed by atoms with Gasteiger partial charge in [-0.25, -0.2) is 0 Å². The summed E-state index contributed by atoms with van der Waals surface area (Å²) in [5.74, 6) is 0.918. The maximum atomic E-state index is 5.41. The molecule has 0 aliphatic rings. The summed E-state index contributed by atoms with van der Waals surface area (Å²) in [6, 6.07) is 6.26. The smallest absolute Gasteiger partial charge is 0.188 e. The molecule has 0 N–H and O–H groups in total. The fraction of sp³-hybridized carbons (Fsp3) is 0.455. The van der Waals surface area contributed by atoms with E-state index in [1.54, 1.807) is 7.11 Å². The molecule has 0 saturated carbocycles. The zero-order chi connectivity index (χ0) is 9.68. The lowest BCUT2D eigenvalue weighted by Crippen LogP contribution is -2.00. The van der Waals surface area contributed by atoms with Crippen LogP contribution in [0.2, 0.25) is 0 Å². The molecule has 0 radical (unpaired) electrons. The third-order valence-corrected chi connectivity index (χ3v) is 1.99. The van der Waals surface area contributed by atoms with Gasteiger partial charge in [-0.15, -0.1) is 0 Å². The minimum absolute atomic E-state index is 0.313. The van der Waals surface area contributed by atoms with Crippen LogP contribution >= 0.6 is 0 Å². The van der Waals surface area contributed by atoms with Gasteiger partial charge in [-0.2, -0.15) is 0 Å². The minimum Gasteiger partial charge on any atom is -0.467 e. The van der Waals surface area contributed by atoms with E-state index in [4.69, 9.17) is 9.47 Å². The second-order valence-electron chi connectivity index (χ2n) is 3.00. The van der Waals surface area contributed by atoms with E-state index in [0.29, 0.717) is 6.79 Å². The normalized spacial score (nSPS) is 10.1. The molecular formula is C11H16O2. The molecule has 2 heteroatoms. The predicted molar refractivity (Wildman–Crippen MR) is 53.1 cm³/mol. The number of hydrogen-bond donors (Lipinski definition) is 0. The Labute approximate surface area is 79.5 Å². The van der Waals surface area contributed by atoms with E-state index in [-0.39, 0.29) is 0 Å². The van der Waals surface area contributed by atoms with Gasteiger partial charge in [0.1, 0.15) is 5.75 Å². The van der Waals surface area contributed by atoms with Gasteiger partial charge in [-0.05, 0) is 30.5 Å². The van der Waals surface area contributed by atoms with Crippen LogP contribution in [0, 0.1) is 6.92 Å². The van der Waals surface area contributed by atoms with Gasteiger partial charge in [0.2, 0.25) is 0 Å². The van der Waals surface area contributed by atoms with Crippen molar-refractivity contribution in [3.63, 3.8) is 0 Å². The van der Waals surface area contributed by atoms with Crippen LogP contribution in [0.4, 0.5) is 0 Å². The highest BCUT2D eigenvalue weighted by molar-refractivity contribution is 5.36. The molecule has 0 aromatic heterocycles. The van der Waals surface area contributed by atoms with Crippen LogP contribution in [0.15, 0.2) is 18.2 Å². The van der Waals surface area contributed by atoms with Gasteiger partial charge in [-0.3, -0.25) is 0 Å². The van der Waals surface area contributed by atoms with E-state index in [9.17, 15) is 0 Å². The monoisotopic (exact) mass is 180 g/mol. The molecule has 0 unspecified atom stereocenters. The Morgan fingerprint density at radius 1 is 1.31 bits per heavy atom. The van der Waals surface area contributed by atoms with E-state index in [0.717, 1.165) is 17.7 Å². The number of benzene rings is 1. The minimum atomic E-state index is 0.313. The summed E-state index contributed by atoms with van der Waals surface area (Å²) < 4.78 is 10.3. The maximum absolute atomic E-state index is 5.41. The van der Waals surface area contributed by atoms with E-state index in [2.05, 4.69) is 25.1 Å². The van der Waals surface area contributed by atoms with E-state index < -0.39 is 0 Å². The van der Waals surface area contributed by atoms with Crippen LogP contribution < -0.4 is 4.74 Å². The first-order valence-corrected chi connectivity index (χ1v) is 4.49. The summed E-state index contributed by atoms with van der Waals surface area (Å²) in [5, 5.41) is 0. The third-order valence-electron chi connectivity index (χ3n) is 1.99. The molecule has 13 heavy (non-hydrogen) atoms. The maximum Gasteiger partial charge on any atom is 0.188 e. The second kappa shape index (κ2) is 4.87. The number of methoxy groups -OCH3 is 1. The van der Waals surface area contributed by atoms with E-state index in [1.807, 2.05) is 6.92 Å². The lowest BCUT2D eigenvalue weighted by Gasteiger charge is -2.09. The molecule has 0 saturated heterocycles. The second-order valence-corrected chi connectivity index (χ2v) is 3.00. The summed E-state index contributed by atoms with van der Waals surface area (Å²) in [4.78, 5) is 0. The van der Waals surface area contributed by atoms with Crippen molar-refractivity contribution in [2.75, 3.05) is 13.9 Å². The fourth-order valence-corrected chi connectivity index (χ4v) is 1.14. The Balaban J connectivity index is 2.78. The summed E-state index contributed by atoms with van der Waals surface area (Å²) in [6.45, 7) is 4.48. The Morgan fingerprint density at radius 3 is 2.69 bits per heavy atom. The van der Waals surface area contributed by atoms with Gasteiger partial charge in [-0.1, -0.05) is 19.1 Å². The van der Waals surface area contributed by atoms with Gasteiger partial charge in [0.25, 0.3) is 0 Å². The molecular weight excluding hydrogens is 164 g/mol. The quantitative estimate of drug-likeness (QED) is 0.663. The van der Waals surface area contributed by atoms with Crippen molar-refractivity contribution in [1.82, 2.24) is 0 Å². The zero-order valence-corrected chi connectivity index (χ0v) is 8.46. The summed E-state index contributed by atoms with van der Waals surface area (Å²) in [5.41, 5.74) is 2.44. The van der Waals surface area contributed by atoms with Crippen molar-refractivity contribution in [3.05, 3.63) is 29.3 Å². The van der Waals surface area contributed by atoms with Crippen molar-refractivity contribution < 1.29 is 9.47 Å². The highest BCUT2D eigenvalue weighted by atomic mass is 16.7. The van der Waals surface area contributed by atoms with Crippen molar-refractivity contribution in [2.45, 2.75) is 20.3 Å². The number of ether oxygens (including phenoxy) is 2. The average Bonchev–Trinajstić information content (AvgIpc) is 2.17. The van der Waals surface area contributed by atoms with E-state index >= 15 is 0 Å². The highest BCUT2D eigenvalue weighted by Gasteiger charge is 1.99. The molecule has 0 heterocycles. The largest absolute Gasteiger partial charge is 0.467 e. The van der Waals surface area contributed by atoms with Crippen molar-refractivity contribution in [1.29, 1.82) is 0 Å². The van der Waals surface area contributed by atoms with E-state index in [1.165, 1.54) is 5.56 Å². The van der Waals surface area contributed by atoms with Crippen LogP contribution in [0.1, 0.15) is 18.1 Å². The zero-order valence-electron chi connectivity index (χ0n) is 8.46. The number of hydrogen-bond acceptors (Lipinski definition) is 2. The van der Waals surface area contributed by atoms with Gasteiger partial charge < -0.3 is 9.47 Å². The van der Waals surface area contributed by atoms with Crippen LogP contribution in [0.25, 0.3) is 0 Å². The number of aryl methyl sites for hydroxylation is 2. The molecule has 1 aromatic rings. The van der Waals surface area contributed by atoms with Crippen molar-refractivity contribution >= 4 is 0 Å². The van der Waals surface area contributed by atoms with Crippen LogP contribution in [-0.4, -0.2) is 13.9 Å². The first-order valence-electron chi connectivity index (χ1n) is 4.49. The molecule has 0 aliphatic heterocycles. The molecule has 1 rings (SSSR count). The summed E-state index contributed by atoms with van der Waals surface area (Å²) in [7, 11) is 1.62. The lowest BCUT2D eigenvalue weighted by atomic mass is 10.1. The van der Waals surface area contributed by atoms with Gasteiger partial charge >= 0.3 is 0 Å². The third kappa shape index (κ3) is 2.74. The van der Waals surface area contributed by atoms with Crippen molar-refractivity contribution in [2.24, 2.45) is 0 Å². The van der Waals surface area contributed by atoms with Crippen molar-refractivity contribution in [3.8, 4) is 5.75 Å². The standard InChI is InChI=1S/C11H16O2/c1-4-10-6-5-9(2)11(7-10)13-8-12-3/h5-7H,4,8H2,1-3H3. The molecule has 0 aliphatic carbocycles. The Bertz CT molecular complexity index is 269. The molecule has 1 aromatic carbocycles. The molecule has 0 bridgehead atoms. The fourth-order valence-electron chi connectivity index (χ4n) is 1.14. The average molecular weight is 180 g/mol. The lowest BCUT2D eigenvalue weighted by molar-refractivity contribution is 0.0506. The predicted octanol–water partition coefficient (Wildman–Crippen LogP) is 2.54. The van der Waals surface area contributed by atoms with Crippen LogP contribution in [0.3, 0.4) is 0 Å². The van der Waals surface area contributed by atoms with Gasteiger partial charge in [0.05, 0.1) is 0 Å². The van der Waals surface area contributed by atoms with Gasteiger partial charge in [0.15, 0.2) is 6.79 Å². The number of rotatable bonds is 4. The molecule has 0 spiro atoms. The van der Waals surface area contributed by atoms with Crippen LogP contribution in [0.5, 0.6) is 5.75 Å². The molecule has 72 valence electrons. The summed E-state index contributed by atoms with van der Waals surface area (Å²) >= 11 is 0. The van der Waals surface area contributed by atoms with Gasteiger partial charge in [0, 0.05) is 7.11 Å². The molecule has 0 atom stereocenters.